The van der Waals surface area contributed by atoms with E-state index in [0.717, 1.165) is 23.2 Å². The number of carbonyl (C=O) groups excluding carboxylic acids is 2. The molecule has 2 amide bonds. The number of amides is 2. The van der Waals surface area contributed by atoms with Gasteiger partial charge in [-0.3, -0.25) is 14.6 Å². The van der Waals surface area contributed by atoms with E-state index in [1.54, 1.807) is 22.2 Å². The number of hydrogen-bond acceptors (Lipinski definition) is 3. The van der Waals surface area contributed by atoms with Gasteiger partial charge >= 0.3 is 0 Å². The smallest absolute Gasteiger partial charge is 0.230 e. The minimum absolute atomic E-state index is 0.0592. The highest BCUT2D eigenvalue weighted by Crippen LogP contribution is 2.42. The van der Waals surface area contributed by atoms with Crippen LogP contribution in [-0.4, -0.2) is 41.8 Å². The Morgan fingerprint density at radius 1 is 1.11 bits per heavy atom. The molecule has 1 aromatic heterocycles. The highest BCUT2D eigenvalue weighted by molar-refractivity contribution is 6.01. The number of benzene rings is 1. The standard InChI is InChI=1S/C22H27N3O2/c1-4-25(18-7-5-6-16(2)14-18)22(27)20-15-19(20)21(26)24(3)13-10-17-8-11-23-12-9-17/h5-9,11-12,14,19-20H,4,10,13,15H2,1-3H3. The van der Waals surface area contributed by atoms with E-state index in [-0.39, 0.29) is 23.7 Å². The summed E-state index contributed by atoms with van der Waals surface area (Å²) in [4.78, 5) is 33.2. The number of aryl methyl sites for hydroxylation is 1. The van der Waals surface area contributed by atoms with Crippen molar-refractivity contribution in [3.63, 3.8) is 0 Å². The van der Waals surface area contributed by atoms with Gasteiger partial charge in [0.2, 0.25) is 11.8 Å². The lowest BCUT2D eigenvalue weighted by molar-refractivity contribution is -0.133. The summed E-state index contributed by atoms with van der Waals surface area (Å²) >= 11 is 0. The molecule has 1 saturated carbocycles. The molecule has 1 aromatic carbocycles. The summed E-state index contributed by atoms with van der Waals surface area (Å²) in [5.41, 5.74) is 3.19. The third-order valence-corrected chi connectivity index (χ3v) is 5.18. The lowest BCUT2D eigenvalue weighted by atomic mass is 10.1. The Labute approximate surface area is 161 Å². The molecule has 1 aliphatic carbocycles. The number of rotatable bonds is 7. The summed E-state index contributed by atoms with van der Waals surface area (Å²) in [6, 6.07) is 11.9. The molecule has 5 heteroatoms. The molecule has 1 fully saturated rings. The van der Waals surface area contributed by atoms with E-state index in [9.17, 15) is 9.59 Å². The molecule has 0 radical (unpaired) electrons. The van der Waals surface area contributed by atoms with Crippen LogP contribution in [0.2, 0.25) is 0 Å². The number of nitrogens with zero attached hydrogens (tertiary/aromatic N) is 3. The normalized spacial score (nSPS) is 18.0. The zero-order valence-electron chi connectivity index (χ0n) is 16.3. The molecule has 0 spiro atoms. The number of pyridine rings is 1. The molecule has 0 saturated heterocycles. The van der Waals surface area contributed by atoms with Gasteiger partial charge in [-0.25, -0.2) is 0 Å². The third kappa shape index (κ3) is 4.54. The predicted octanol–water partition coefficient (Wildman–Crippen LogP) is 3.08. The van der Waals surface area contributed by atoms with Gasteiger partial charge in [0, 0.05) is 38.2 Å². The lowest BCUT2D eigenvalue weighted by Gasteiger charge is -2.22. The maximum absolute atomic E-state index is 12.9. The van der Waals surface area contributed by atoms with Crippen molar-refractivity contribution < 1.29 is 9.59 Å². The van der Waals surface area contributed by atoms with Crippen LogP contribution in [0.5, 0.6) is 0 Å². The van der Waals surface area contributed by atoms with Crippen molar-refractivity contribution in [2.75, 3.05) is 25.0 Å². The molecular weight excluding hydrogens is 338 g/mol. The number of likely N-dealkylation sites (N-methyl/N-ethyl adjacent to an activating group) is 1. The zero-order chi connectivity index (χ0) is 19.4. The fraction of sp³-hybridized carbons (Fsp3) is 0.409. The Balaban J connectivity index is 1.57. The molecule has 2 aromatic rings. The van der Waals surface area contributed by atoms with Crippen LogP contribution in [-0.2, 0) is 16.0 Å². The number of anilines is 1. The van der Waals surface area contributed by atoms with Crippen molar-refractivity contribution in [2.24, 2.45) is 11.8 Å². The fourth-order valence-electron chi connectivity index (χ4n) is 3.44. The van der Waals surface area contributed by atoms with Crippen molar-refractivity contribution in [2.45, 2.75) is 26.7 Å². The molecule has 2 atom stereocenters. The van der Waals surface area contributed by atoms with Gasteiger partial charge in [0.05, 0.1) is 11.8 Å². The second kappa shape index (κ2) is 8.33. The first-order valence-corrected chi connectivity index (χ1v) is 9.53. The number of aromatic nitrogens is 1. The van der Waals surface area contributed by atoms with Crippen LogP contribution >= 0.6 is 0 Å². The third-order valence-electron chi connectivity index (χ3n) is 5.18. The Kier molecular flexibility index (Phi) is 5.89. The molecule has 0 N–H and O–H groups in total. The molecule has 0 bridgehead atoms. The van der Waals surface area contributed by atoms with E-state index in [4.69, 9.17) is 0 Å². The zero-order valence-corrected chi connectivity index (χ0v) is 16.3. The van der Waals surface area contributed by atoms with Crippen LogP contribution in [0, 0.1) is 18.8 Å². The van der Waals surface area contributed by atoms with Gasteiger partial charge < -0.3 is 9.80 Å². The van der Waals surface area contributed by atoms with Crippen molar-refractivity contribution in [1.82, 2.24) is 9.88 Å². The van der Waals surface area contributed by atoms with Crippen LogP contribution in [0.4, 0.5) is 5.69 Å². The largest absolute Gasteiger partial charge is 0.345 e. The lowest BCUT2D eigenvalue weighted by Crippen LogP contribution is -2.35. The Morgan fingerprint density at radius 3 is 2.48 bits per heavy atom. The van der Waals surface area contributed by atoms with E-state index >= 15 is 0 Å². The van der Waals surface area contributed by atoms with Gasteiger partial charge in [0.15, 0.2) is 0 Å². The van der Waals surface area contributed by atoms with Crippen LogP contribution in [0.15, 0.2) is 48.8 Å². The van der Waals surface area contributed by atoms with Crippen molar-refractivity contribution in [3.8, 4) is 0 Å². The van der Waals surface area contributed by atoms with E-state index in [1.165, 1.54) is 0 Å². The quantitative estimate of drug-likeness (QED) is 0.758. The Hall–Kier alpha value is -2.69. The molecule has 1 heterocycles. The molecule has 142 valence electrons. The van der Waals surface area contributed by atoms with E-state index in [0.29, 0.717) is 19.5 Å². The number of hydrogen-bond donors (Lipinski definition) is 0. The molecular formula is C22H27N3O2. The predicted molar refractivity (Wildman–Crippen MR) is 106 cm³/mol. The maximum atomic E-state index is 12.9. The van der Waals surface area contributed by atoms with Gasteiger partial charge in [-0.1, -0.05) is 12.1 Å². The highest BCUT2D eigenvalue weighted by atomic mass is 16.2. The minimum atomic E-state index is -0.193. The van der Waals surface area contributed by atoms with Gasteiger partial charge in [-0.05, 0) is 62.1 Å². The first-order chi connectivity index (χ1) is 13.0. The van der Waals surface area contributed by atoms with Crippen LogP contribution in [0.3, 0.4) is 0 Å². The van der Waals surface area contributed by atoms with Gasteiger partial charge in [0.25, 0.3) is 0 Å². The minimum Gasteiger partial charge on any atom is -0.345 e. The molecule has 27 heavy (non-hydrogen) atoms. The van der Waals surface area contributed by atoms with E-state index in [1.807, 2.05) is 57.3 Å². The van der Waals surface area contributed by atoms with Gasteiger partial charge in [0.1, 0.15) is 0 Å². The van der Waals surface area contributed by atoms with Crippen LogP contribution in [0.25, 0.3) is 0 Å². The first kappa shape index (κ1) is 19.1. The summed E-state index contributed by atoms with van der Waals surface area (Å²) in [7, 11) is 1.82. The van der Waals surface area contributed by atoms with E-state index in [2.05, 4.69) is 4.98 Å². The molecule has 2 unspecified atom stereocenters. The van der Waals surface area contributed by atoms with Crippen LogP contribution in [0.1, 0.15) is 24.5 Å². The van der Waals surface area contributed by atoms with Crippen molar-refractivity contribution >= 4 is 17.5 Å². The Bertz CT molecular complexity index is 806. The Morgan fingerprint density at radius 2 is 1.81 bits per heavy atom. The van der Waals surface area contributed by atoms with Crippen molar-refractivity contribution in [3.05, 3.63) is 59.9 Å². The number of carbonyl (C=O) groups is 2. The van der Waals surface area contributed by atoms with Gasteiger partial charge in [-0.2, -0.15) is 0 Å². The van der Waals surface area contributed by atoms with Crippen LogP contribution < -0.4 is 4.90 Å². The van der Waals surface area contributed by atoms with Gasteiger partial charge in [-0.15, -0.1) is 0 Å². The maximum Gasteiger partial charge on any atom is 0.230 e. The second-order valence-corrected chi connectivity index (χ2v) is 7.24. The summed E-state index contributed by atoms with van der Waals surface area (Å²) in [6.45, 7) is 5.25. The summed E-state index contributed by atoms with van der Waals surface area (Å²) < 4.78 is 0. The fourth-order valence-corrected chi connectivity index (χ4v) is 3.44. The monoisotopic (exact) mass is 365 g/mol. The SMILES string of the molecule is CCN(C(=O)C1CC1C(=O)N(C)CCc1ccncc1)c1cccc(C)c1. The molecule has 0 aliphatic heterocycles. The second-order valence-electron chi connectivity index (χ2n) is 7.24. The highest BCUT2D eigenvalue weighted by Gasteiger charge is 2.50. The molecule has 1 aliphatic rings. The molecule has 5 nitrogen and oxygen atoms in total. The average Bonchev–Trinajstić information content (AvgIpc) is 3.48. The first-order valence-electron chi connectivity index (χ1n) is 9.53. The van der Waals surface area contributed by atoms with Crippen molar-refractivity contribution in [1.29, 1.82) is 0 Å². The summed E-state index contributed by atoms with van der Waals surface area (Å²) in [5.74, 6) is -0.244. The van der Waals surface area contributed by atoms with E-state index < -0.39 is 0 Å². The summed E-state index contributed by atoms with van der Waals surface area (Å²) in [5, 5.41) is 0. The molecule has 3 rings (SSSR count). The average molecular weight is 365 g/mol. The topological polar surface area (TPSA) is 53.5 Å². The summed E-state index contributed by atoms with van der Waals surface area (Å²) in [6.07, 6.45) is 4.97.